The minimum Gasteiger partial charge on any atom is -0.463 e. The maximum Gasteiger partial charge on any atom is 0.312 e. The van der Waals surface area contributed by atoms with Gasteiger partial charge in [0.15, 0.2) is 0 Å². The Morgan fingerprint density at radius 3 is 1.33 bits per heavy atom. The molecule has 0 aromatic rings. The number of carbonyl (C=O) groups excluding carboxylic acids is 1. The first-order valence-electron chi connectivity index (χ1n) is 17.8. The number of hydrogen-bond acceptors (Lipinski definition) is 3. The molecule has 0 aromatic carbocycles. The quantitative estimate of drug-likeness (QED) is 0.0712. The fourth-order valence-electron chi connectivity index (χ4n) is 6.50. The van der Waals surface area contributed by atoms with Crippen LogP contribution in [0.3, 0.4) is 0 Å². The van der Waals surface area contributed by atoms with E-state index in [0.717, 1.165) is 38.5 Å². The molecule has 3 nitrogen and oxygen atoms in total. The van der Waals surface area contributed by atoms with Crippen LogP contribution < -0.4 is 0 Å². The van der Waals surface area contributed by atoms with Gasteiger partial charge in [0.1, 0.15) is 6.61 Å². The first-order chi connectivity index (χ1) is 19.0. The van der Waals surface area contributed by atoms with E-state index in [0.29, 0.717) is 11.8 Å². The second kappa shape index (κ2) is 27.6. The summed E-state index contributed by atoms with van der Waals surface area (Å²) in [5.74, 6) is 1.15. The van der Waals surface area contributed by atoms with Crippen molar-refractivity contribution in [3.8, 4) is 0 Å². The number of aliphatic hydroxyl groups excluding tert-OH is 1. The van der Waals surface area contributed by atoms with E-state index in [-0.39, 0.29) is 24.6 Å². The second-order valence-electron chi connectivity index (χ2n) is 12.7. The molecule has 0 radical (unpaired) electrons. The molecule has 234 valence electrons. The van der Waals surface area contributed by atoms with Crippen LogP contribution in [0, 0.1) is 17.3 Å². The fourth-order valence-corrected chi connectivity index (χ4v) is 6.50. The largest absolute Gasteiger partial charge is 0.463 e. The Kier molecular flexibility index (Phi) is 27.2. The molecule has 39 heavy (non-hydrogen) atoms. The molecule has 3 heteroatoms. The van der Waals surface area contributed by atoms with E-state index in [9.17, 15) is 9.90 Å². The molecule has 0 aliphatic heterocycles. The summed E-state index contributed by atoms with van der Waals surface area (Å²) in [6.45, 7) is 11.5. The van der Waals surface area contributed by atoms with Crippen LogP contribution in [0.15, 0.2) is 0 Å². The summed E-state index contributed by atoms with van der Waals surface area (Å²) in [6.07, 6.45) is 31.5. The minimum absolute atomic E-state index is 0.0175. The van der Waals surface area contributed by atoms with Crippen molar-refractivity contribution < 1.29 is 14.6 Å². The van der Waals surface area contributed by atoms with Gasteiger partial charge in [0, 0.05) is 0 Å². The van der Waals surface area contributed by atoms with Gasteiger partial charge in [0.05, 0.1) is 12.0 Å². The normalized spacial score (nSPS) is 14.7. The average molecular weight is 553 g/mol. The van der Waals surface area contributed by atoms with Gasteiger partial charge < -0.3 is 9.84 Å². The number of carbonyl (C=O) groups is 1. The van der Waals surface area contributed by atoms with Crippen molar-refractivity contribution in [3.63, 3.8) is 0 Å². The standard InChI is InChI=1S/C36H72O3/c1-6-11-14-15-16-17-18-19-20-21-22-23-24-25-28-36(35(38)39-30-29-37,31-33(9-4)26-12-7-2)32-34(10-5)27-13-8-3/h33-34,37H,6-32H2,1-5H3. The van der Waals surface area contributed by atoms with Crippen LogP contribution in [-0.2, 0) is 9.53 Å². The number of aliphatic hydroxyl groups is 1. The van der Waals surface area contributed by atoms with E-state index >= 15 is 0 Å². The highest BCUT2D eigenvalue weighted by Crippen LogP contribution is 2.44. The summed E-state index contributed by atoms with van der Waals surface area (Å²) >= 11 is 0. The summed E-state index contributed by atoms with van der Waals surface area (Å²) in [7, 11) is 0. The van der Waals surface area contributed by atoms with Crippen molar-refractivity contribution in [2.24, 2.45) is 17.3 Å². The van der Waals surface area contributed by atoms with Crippen LogP contribution in [0.4, 0.5) is 0 Å². The summed E-state index contributed by atoms with van der Waals surface area (Å²) in [5, 5.41) is 9.40. The molecular weight excluding hydrogens is 480 g/mol. The van der Waals surface area contributed by atoms with Gasteiger partial charge in [0.25, 0.3) is 0 Å². The van der Waals surface area contributed by atoms with Crippen molar-refractivity contribution in [1.29, 1.82) is 0 Å². The Morgan fingerprint density at radius 2 is 0.974 bits per heavy atom. The molecule has 0 bridgehead atoms. The molecule has 0 fully saturated rings. The zero-order valence-corrected chi connectivity index (χ0v) is 27.5. The van der Waals surface area contributed by atoms with E-state index < -0.39 is 0 Å². The van der Waals surface area contributed by atoms with Crippen LogP contribution in [0.2, 0.25) is 0 Å². The summed E-state index contributed by atoms with van der Waals surface area (Å²) in [6, 6.07) is 0. The fraction of sp³-hybridized carbons (Fsp3) is 0.972. The van der Waals surface area contributed by atoms with Gasteiger partial charge in [-0.3, -0.25) is 4.79 Å². The lowest BCUT2D eigenvalue weighted by molar-refractivity contribution is -0.160. The average Bonchev–Trinajstić information content (AvgIpc) is 2.95. The molecule has 0 saturated heterocycles. The lowest BCUT2D eigenvalue weighted by Crippen LogP contribution is -2.38. The third-order valence-corrected chi connectivity index (χ3v) is 9.21. The van der Waals surface area contributed by atoms with Crippen molar-refractivity contribution in [3.05, 3.63) is 0 Å². The Bertz CT molecular complexity index is 499. The minimum atomic E-state index is -0.380. The SMILES string of the molecule is CCCCCCCCCCCCCCCCC(CC(CC)CCCC)(CC(CC)CCCC)C(=O)OCCO. The zero-order chi connectivity index (χ0) is 29.0. The molecule has 0 spiro atoms. The van der Waals surface area contributed by atoms with Gasteiger partial charge in [-0.2, -0.15) is 0 Å². The van der Waals surface area contributed by atoms with E-state index in [4.69, 9.17) is 4.74 Å². The molecule has 1 N–H and O–H groups in total. The van der Waals surface area contributed by atoms with E-state index in [1.165, 1.54) is 122 Å². The van der Waals surface area contributed by atoms with Crippen molar-refractivity contribution in [2.45, 2.75) is 195 Å². The number of unbranched alkanes of at least 4 members (excludes halogenated alkanes) is 15. The first kappa shape index (κ1) is 38.4. The number of ether oxygens (including phenoxy) is 1. The number of esters is 1. The van der Waals surface area contributed by atoms with Gasteiger partial charge in [-0.1, -0.05) is 176 Å². The molecule has 0 aliphatic carbocycles. The second-order valence-corrected chi connectivity index (χ2v) is 12.7. The maximum atomic E-state index is 13.7. The predicted octanol–water partition coefficient (Wildman–Crippen LogP) is 11.6. The van der Waals surface area contributed by atoms with Gasteiger partial charge in [-0.05, 0) is 31.1 Å². The third-order valence-electron chi connectivity index (χ3n) is 9.21. The van der Waals surface area contributed by atoms with E-state index in [1.807, 2.05) is 0 Å². The van der Waals surface area contributed by atoms with Gasteiger partial charge in [-0.15, -0.1) is 0 Å². The summed E-state index contributed by atoms with van der Waals surface area (Å²) < 4.78 is 5.74. The summed E-state index contributed by atoms with van der Waals surface area (Å²) in [4.78, 5) is 13.7. The van der Waals surface area contributed by atoms with E-state index in [1.54, 1.807) is 0 Å². The lowest BCUT2D eigenvalue weighted by Gasteiger charge is -2.37. The van der Waals surface area contributed by atoms with E-state index in [2.05, 4.69) is 34.6 Å². The molecule has 2 atom stereocenters. The lowest BCUT2D eigenvalue weighted by atomic mass is 9.67. The van der Waals surface area contributed by atoms with Gasteiger partial charge in [0.2, 0.25) is 0 Å². The van der Waals surface area contributed by atoms with Crippen molar-refractivity contribution in [1.82, 2.24) is 0 Å². The molecule has 0 aromatic heterocycles. The Morgan fingerprint density at radius 1 is 0.590 bits per heavy atom. The number of hydrogen-bond donors (Lipinski definition) is 1. The third kappa shape index (κ3) is 20.0. The van der Waals surface area contributed by atoms with Crippen LogP contribution in [0.1, 0.15) is 195 Å². The number of rotatable bonds is 30. The molecule has 0 aliphatic rings. The topological polar surface area (TPSA) is 46.5 Å². The van der Waals surface area contributed by atoms with Crippen LogP contribution in [0.25, 0.3) is 0 Å². The van der Waals surface area contributed by atoms with Gasteiger partial charge in [-0.25, -0.2) is 0 Å². The molecular formula is C36H72O3. The predicted molar refractivity (Wildman–Crippen MR) is 171 cm³/mol. The van der Waals surface area contributed by atoms with Crippen molar-refractivity contribution in [2.75, 3.05) is 13.2 Å². The molecule has 0 saturated carbocycles. The zero-order valence-electron chi connectivity index (χ0n) is 27.5. The van der Waals surface area contributed by atoms with Crippen LogP contribution >= 0.6 is 0 Å². The summed E-state index contributed by atoms with van der Waals surface area (Å²) in [5.41, 5.74) is -0.380. The molecule has 0 heterocycles. The van der Waals surface area contributed by atoms with Crippen molar-refractivity contribution >= 4 is 5.97 Å². The van der Waals surface area contributed by atoms with Gasteiger partial charge >= 0.3 is 5.97 Å². The first-order valence-corrected chi connectivity index (χ1v) is 17.8. The Balaban J connectivity index is 4.92. The maximum absolute atomic E-state index is 13.7. The molecule has 0 rings (SSSR count). The molecule has 0 amide bonds. The highest BCUT2D eigenvalue weighted by atomic mass is 16.5. The monoisotopic (exact) mass is 553 g/mol. The molecule has 2 unspecified atom stereocenters. The Hall–Kier alpha value is -0.570. The van der Waals surface area contributed by atoms with Crippen LogP contribution in [-0.4, -0.2) is 24.3 Å². The highest BCUT2D eigenvalue weighted by Gasteiger charge is 2.42. The smallest absolute Gasteiger partial charge is 0.312 e. The Labute approximate surface area is 246 Å². The highest BCUT2D eigenvalue weighted by molar-refractivity contribution is 5.77. The van der Waals surface area contributed by atoms with Crippen LogP contribution in [0.5, 0.6) is 0 Å².